The van der Waals surface area contributed by atoms with E-state index < -0.39 is 39.4 Å². The Balaban J connectivity index is 1.66. The summed E-state index contributed by atoms with van der Waals surface area (Å²) in [5, 5.41) is 2.51. The lowest BCUT2D eigenvalue weighted by atomic mass is 10.1. The number of para-hydroxylation sites is 1. The van der Waals surface area contributed by atoms with E-state index in [4.69, 9.17) is 0 Å². The molecule has 1 aromatic heterocycles. The highest BCUT2D eigenvalue weighted by Crippen LogP contribution is 2.26. The number of benzene rings is 3. The van der Waals surface area contributed by atoms with Crippen molar-refractivity contribution in [2.75, 3.05) is 4.72 Å². The lowest BCUT2D eigenvalue weighted by molar-refractivity contribution is 0.0940. The molecule has 11 heteroatoms. The monoisotopic (exact) mass is 486 g/mol. The van der Waals surface area contributed by atoms with Crippen molar-refractivity contribution in [1.29, 1.82) is 0 Å². The summed E-state index contributed by atoms with van der Waals surface area (Å²) in [5.41, 5.74) is -0.0813. The average molecular weight is 486 g/mol. The van der Waals surface area contributed by atoms with Gasteiger partial charge in [0.05, 0.1) is 22.8 Å². The summed E-state index contributed by atoms with van der Waals surface area (Å²) in [6.45, 7) is 1.47. The van der Waals surface area contributed by atoms with Gasteiger partial charge in [-0.1, -0.05) is 12.1 Å². The second kappa shape index (κ2) is 9.10. The van der Waals surface area contributed by atoms with E-state index >= 15 is 0 Å². The lowest BCUT2D eigenvalue weighted by Crippen LogP contribution is -2.28. The summed E-state index contributed by atoms with van der Waals surface area (Å²) >= 11 is 0. The molecule has 1 heterocycles. The smallest absolute Gasteiger partial charge is 0.264 e. The molecule has 0 aliphatic rings. The Kier molecular flexibility index (Phi) is 6.20. The number of carbonyl (C=O) groups is 1. The van der Waals surface area contributed by atoms with Gasteiger partial charge in [0.1, 0.15) is 27.9 Å². The summed E-state index contributed by atoms with van der Waals surface area (Å²) in [6, 6.07) is 9.32. The number of rotatable bonds is 6. The Morgan fingerprint density at radius 1 is 0.941 bits per heavy atom. The first-order chi connectivity index (χ1) is 16.2. The SMILES string of the molecule is CC(NC(=O)c1ccc(F)cc1NS(=O)(=O)c1cccc2nccnc12)c1ccc(F)cc1F. The normalized spacial score (nSPS) is 12.4. The van der Waals surface area contributed by atoms with Gasteiger partial charge in [-0.15, -0.1) is 0 Å². The summed E-state index contributed by atoms with van der Waals surface area (Å²) in [7, 11) is -4.31. The molecule has 3 aromatic carbocycles. The maximum atomic E-state index is 14.1. The average Bonchev–Trinajstić information content (AvgIpc) is 2.78. The molecule has 174 valence electrons. The minimum Gasteiger partial charge on any atom is -0.345 e. The fourth-order valence-corrected chi connectivity index (χ4v) is 4.62. The molecule has 1 atom stereocenters. The Hall–Kier alpha value is -3.99. The van der Waals surface area contributed by atoms with Crippen LogP contribution in [-0.4, -0.2) is 24.3 Å². The van der Waals surface area contributed by atoms with E-state index in [0.717, 1.165) is 24.3 Å². The topological polar surface area (TPSA) is 101 Å². The third-order valence-electron chi connectivity index (χ3n) is 5.00. The van der Waals surface area contributed by atoms with Crippen LogP contribution in [0, 0.1) is 17.5 Å². The van der Waals surface area contributed by atoms with Gasteiger partial charge in [-0.2, -0.15) is 0 Å². The molecule has 4 aromatic rings. The predicted octanol–water partition coefficient (Wildman–Crippen LogP) is 4.34. The van der Waals surface area contributed by atoms with Gasteiger partial charge in [-0.25, -0.2) is 21.6 Å². The maximum Gasteiger partial charge on any atom is 0.264 e. The van der Waals surface area contributed by atoms with Gasteiger partial charge in [-0.3, -0.25) is 19.5 Å². The van der Waals surface area contributed by atoms with E-state index in [2.05, 4.69) is 20.0 Å². The van der Waals surface area contributed by atoms with E-state index in [9.17, 15) is 26.4 Å². The molecular weight excluding hydrogens is 469 g/mol. The zero-order chi connectivity index (χ0) is 24.5. The number of nitrogens with one attached hydrogen (secondary N) is 2. The molecule has 1 unspecified atom stereocenters. The molecular formula is C23H17F3N4O3S. The number of hydrogen-bond acceptors (Lipinski definition) is 5. The molecule has 0 saturated carbocycles. The molecule has 0 fully saturated rings. The van der Waals surface area contributed by atoms with Crippen molar-refractivity contribution in [2.24, 2.45) is 0 Å². The van der Waals surface area contributed by atoms with Crippen molar-refractivity contribution in [3.63, 3.8) is 0 Å². The number of anilines is 1. The van der Waals surface area contributed by atoms with Crippen molar-refractivity contribution in [2.45, 2.75) is 17.9 Å². The highest BCUT2D eigenvalue weighted by atomic mass is 32.2. The predicted molar refractivity (Wildman–Crippen MR) is 119 cm³/mol. The van der Waals surface area contributed by atoms with Crippen molar-refractivity contribution in [3.05, 3.63) is 95.6 Å². The minimum absolute atomic E-state index is 0.0216. The van der Waals surface area contributed by atoms with Crippen LogP contribution in [0.4, 0.5) is 18.9 Å². The summed E-state index contributed by atoms with van der Waals surface area (Å²) in [4.78, 5) is 20.8. The zero-order valence-corrected chi connectivity index (χ0v) is 18.4. The second-order valence-electron chi connectivity index (χ2n) is 7.34. The number of sulfonamides is 1. The third kappa shape index (κ3) is 4.69. The van der Waals surface area contributed by atoms with Crippen LogP contribution in [0.1, 0.15) is 28.9 Å². The van der Waals surface area contributed by atoms with Gasteiger partial charge in [0, 0.05) is 24.0 Å². The molecule has 0 radical (unpaired) electrons. The van der Waals surface area contributed by atoms with Crippen LogP contribution in [0.5, 0.6) is 0 Å². The summed E-state index contributed by atoms with van der Waals surface area (Å²) in [5.74, 6) is -3.21. The van der Waals surface area contributed by atoms with E-state index in [1.165, 1.54) is 37.5 Å². The van der Waals surface area contributed by atoms with E-state index in [1.54, 1.807) is 6.07 Å². The van der Waals surface area contributed by atoms with Gasteiger partial charge in [0.15, 0.2) is 0 Å². The van der Waals surface area contributed by atoms with E-state index in [0.29, 0.717) is 11.6 Å². The Bertz CT molecular complexity index is 1510. The Morgan fingerprint density at radius 2 is 1.65 bits per heavy atom. The van der Waals surface area contributed by atoms with Crippen LogP contribution in [0.2, 0.25) is 0 Å². The number of halogens is 3. The van der Waals surface area contributed by atoms with Crippen LogP contribution in [0.15, 0.2) is 71.9 Å². The molecule has 0 aliphatic carbocycles. The van der Waals surface area contributed by atoms with E-state index in [1.807, 2.05) is 0 Å². The maximum absolute atomic E-state index is 14.1. The first-order valence-corrected chi connectivity index (χ1v) is 11.4. The van der Waals surface area contributed by atoms with Crippen molar-refractivity contribution < 1.29 is 26.4 Å². The van der Waals surface area contributed by atoms with Crippen LogP contribution >= 0.6 is 0 Å². The highest BCUT2D eigenvalue weighted by Gasteiger charge is 2.23. The Morgan fingerprint density at radius 3 is 2.41 bits per heavy atom. The number of nitrogens with zero attached hydrogens (tertiary/aromatic N) is 2. The molecule has 7 nitrogen and oxygen atoms in total. The summed E-state index contributed by atoms with van der Waals surface area (Å²) < 4.78 is 69.7. The molecule has 0 bridgehead atoms. The second-order valence-corrected chi connectivity index (χ2v) is 8.99. The first kappa shape index (κ1) is 23.2. The van der Waals surface area contributed by atoms with Crippen LogP contribution in [0.3, 0.4) is 0 Å². The quantitative estimate of drug-likeness (QED) is 0.422. The molecule has 0 saturated heterocycles. The van der Waals surface area contributed by atoms with Crippen LogP contribution in [0.25, 0.3) is 11.0 Å². The zero-order valence-electron chi connectivity index (χ0n) is 17.6. The van der Waals surface area contributed by atoms with Gasteiger partial charge in [0.2, 0.25) is 0 Å². The largest absolute Gasteiger partial charge is 0.345 e. The van der Waals surface area contributed by atoms with Gasteiger partial charge in [0.25, 0.3) is 15.9 Å². The molecule has 0 aliphatic heterocycles. The van der Waals surface area contributed by atoms with Crippen LogP contribution < -0.4 is 10.0 Å². The summed E-state index contributed by atoms with van der Waals surface area (Å²) in [6.07, 6.45) is 2.74. The molecule has 4 rings (SSSR count). The number of hydrogen-bond donors (Lipinski definition) is 2. The Labute approximate surface area is 192 Å². The molecule has 34 heavy (non-hydrogen) atoms. The highest BCUT2D eigenvalue weighted by molar-refractivity contribution is 7.93. The van der Waals surface area contributed by atoms with E-state index in [-0.39, 0.29) is 27.2 Å². The van der Waals surface area contributed by atoms with Gasteiger partial charge >= 0.3 is 0 Å². The van der Waals surface area contributed by atoms with Crippen molar-refractivity contribution in [1.82, 2.24) is 15.3 Å². The minimum atomic E-state index is -4.31. The van der Waals surface area contributed by atoms with Crippen LogP contribution in [-0.2, 0) is 10.0 Å². The first-order valence-electron chi connectivity index (χ1n) is 9.93. The fourth-order valence-electron chi connectivity index (χ4n) is 3.39. The van der Waals surface area contributed by atoms with Crippen molar-refractivity contribution in [3.8, 4) is 0 Å². The molecule has 0 spiro atoms. The standard InChI is InChI=1S/C23H17F3N4O3S/c1-13(16-7-5-14(24)11-18(16)26)29-23(31)17-8-6-15(25)12-20(17)30-34(32,33)21-4-2-3-19-22(21)28-10-9-27-19/h2-13,30H,1H3,(H,29,31). The number of amides is 1. The number of fused-ring (bicyclic) bond motifs is 1. The van der Waals surface area contributed by atoms with Gasteiger partial charge in [-0.05, 0) is 43.3 Å². The molecule has 1 amide bonds. The fraction of sp³-hybridized carbons (Fsp3) is 0.0870. The molecule has 2 N–H and O–H groups in total. The number of aromatic nitrogens is 2. The number of carbonyl (C=O) groups excluding carboxylic acids is 1. The lowest BCUT2D eigenvalue weighted by Gasteiger charge is -2.17. The third-order valence-corrected chi connectivity index (χ3v) is 6.40. The van der Waals surface area contributed by atoms with Crippen molar-refractivity contribution >= 4 is 32.7 Å². The van der Waals surface area contributed by atoms with Gasteiger partial charge < -0.3 is 5.32 Å².